The summed E-state index contributed by atoms with van der Waals surface area (Å²) in [5.41, 5.74) is -0.212. The molecule has 1 saturated carbocycles. The lowest BCUT2D eigenvalue weighted by molar-refractivity contribution is -0.178. The van der Waals surface area contributed by atoms with Gasteiger partial charge in [-0.05, 0) is 60.1 Å². The number of hydrogen-bond donors (Lipinski definition) is 1. The van der Waals surface area contributed by atoms with Crippen molar-refractivity contribution in [3.63, 3.8) is 0 Å². The molecule has 1 fully saturated rings. The van der Waals surface area contributed by atoms with Gasteiger partial charge < -0.3 is 5.32 Å². The molecule has 2 aromatic carbocycles. The Balaban J connectivity index is 1.56. The molecular formula is C27H25F6N3O2. The first-order valence-corrected chi connectivity index (χ1v) is 12.0. The Hall–Kier alpha value is -3.63. The number of benzene rings is 2. The van der Waals surface area contributed by atoms with E-state index in [9.17, 15) is 35.9 Å². The SMILES string of the molecule is CC(C(C(=O)Nc1cccc(CC2CC2)c1)c1ccc(Cn2nc(C(F)(F)F)ccc2=O)cc1)C(F)(F)F. The van der Waals surface area contributed by atoms with E-state index in [0.717, 1.165) is 37.8 Å². The molecule has 1 aliphatic rings. The smallest absolute Gasteiger partial charge is 0.326 e. The molecule has 0 radical (unpaired) electrons. The Morgan fingerprint density at radius 1 is 1.00 bits per heavy atom. The molecule has 2 atom stereocenters. The van der Waals surface area contributed by atoms with Crippen LogP contribution in [0.3, 0.4) is 0 Å². The van der Waals surface area contributed by atoms with E-state index in [-0.39, 0.29) is 12.1 Å². The molecule has 2 unspecified atom stereocenters. The summed E-state index contributed by atoms with van der Waals surface area (Å²) in [4.78, 5) is 25.1. The van der Waals surface area contributed by atoms with Gasteiger partial charge >= 0.3 is 12.4 Å². The van der Waals surface area contributed by atoms with Crippen LogP contribution < -0.4 is 10.9 Å². The topological polar surface area (TPSA) is 64.0 Å². The zero-order chi connectivity index (χ0) is 27.7. The summed E-state index contributed by atoms with van der Waals surface area (Å²) >= 11 is 0. The number of nitrogens with zero attached hydrogens (tertiary/aromatic N) is 2. The van der Waals surface area contributed by atoms with Crippen LogP contribution in [0.1, 0.15) is 48.1 Å². The van der Waals surface area contributed by atoms with Gasteiger partial charge in [-0.3, -0.25) is 9.59 Å². The summed E-state index contributed by atoms with van der Waals surface area (Å²) in [6.07, 6.45) is -6.29. The van der Waals surface area contributed by atoms with Gasteiger partial charge in [-0.25, -0.2) is 4.68 Å². The molecule has 0 spiro atoms. The monoisotopic (exact) mass is 537 g/mol. The fourth-order valence-electron chi connectivity index (χ4n) is 4.22. The summed E-state index contributed by atoms with van der Waals surface area (Å²) in [6.45, 7) is 0.594. The molecule has 202 valence electrons. The van der Waals surface area contributed by atoms with E-state index >= 15 is 0 Å². The molecule has 1 aromatic heterocycles. The predicted octanol–water partition coefficient (Wildman–Crippen LogP) is 6.18. The minimum atomic E-state index is -4.75. The summed E-state index contributed by atoms with van der Waals surface area (Å²) in [5.74, 6) is -3.83. The van der Waals surface area contributed by atoms with Crippen molar-refractivity contribution in [3.8, 4) is 0 Å². The van der Waals surface area contributed by atoms with Crippen LogP contribution in [0.25, 0.3) is 0 Å². The first-order chi connectivity index (χ1) is 17.8. The molecular weight excluding hydrogens is 512 g/mol. The van der Waals surface area contributed by atoms with Crippen LogP contribution in [-0.4, -0.2) is 21.9 Å². The second-order valence-electron chi connectivity index (χ2n) is 9.60. The zero-order valence-electron chi connectivity index (χ0n) is 20.3. The van der Waals surface area contributed by atoms with Gasteiger partial charge in [0.15, 0.2) is 5.69 Å². The Morgan fingerprint density at radius 2 is 1.68 bits per heavy atom. The van der Waals surface area contributed by atoms with E-state index in [1.807, 2.05) is 6.07 Å². The highest BCUT2D eigenvalue weighted by atomic mass is 19.4. The molecule has 0 aliphatic heterocycles. The van der Waals surface area contributed by atoms with Crippen LogP contribution in [0.15, 0.2) is 65.5 Å². The van der Waals surface area contributed by atoms with E-state index in [4.69, 9.17) is 0 Å². The number of anilines is 1. The van der Waals surface area contributed by atoms with E-state index in [1.165, 1.54) is 24.3 Å². The number of alkyl halides is 6. The normalized spacial score (nSPS) is 15.7. The average Bonchev–Trinajstić information content (AvgIpc) is 3.64. The van der Waals surface area contributed by atoms with Crippen molar-refractivity contribution in [2.45, 2.75) is 51.0 Å². The molecule has 5 nitrogen and oxygen atoms in total. The lowest BCUT2D eigenvalue weighted by Gasteiger charge is -2.26. The minimum absolute atomic E-state index is 0.0783. The standard InChI is InChI=1S/C27H25F6N3O2/c1-16(26(28,29)30)24(25(38)34-21-4-2-3-19(14-21)13-17-5-6-17)20-9-7-18(8-10-20)15-36-23(37)12-11-22(35-36)27(31,32)33/h2-4,7-12,14,16-17,24H,5-6,13,15H2,1H3,(H,34,38). The van der Waals surface area contributed by atoms with Crippen molar-refractivity contribution in [2.24, 2.45) is 11.8 Å². The molecule has 1 N–H and O–H groups in total. The molecule has 4 rings (SSSR count). The highest BCUT2D eigenvalue weighted by Crippen LogP contribution is 2.38. The Morgan fingerprint density at radius 3 is 2.29 bits per heavy atom. The molecule has 3 aromatic rings. The highest BCUT2D eigenvalue weighted by molar-refractivity contribution is 5.96. The number of carbonyl (C=O) groups is 1. The quantitative estimate of drug-likeness (QED) is 0.349. The fourth-order valence-corrected chi connectivity index (χ4v) is 4.22. The van der Waals surface area contributed by atoms with Crippen molar-refractivity contribution in [2.75, 3.05) is 5.32 Å². The Labute approximate surface area is 214 Å². The number of carbonyl (C=O) groups excluding carboxylic acids is 1. The van der Waals surface area contributed by atoms with Crippen molar-refractivity contribution < 1.29 is 31.1 Å². The van der Waals surface area contributed by atoms with Gasteiger partial charge in [-0.1, -0.05) is 43.3 Å². The number of rotatable bonds is 8. The zero-order valence-corrected chi connectivity index (χ0v) is 20.3. The third kappa shape index (κ3) is 6.81. The van der Waals surface area contributed by atoms with Crippen molar-refractivity contribution in [1.29, 1.82) is 0 Å². The number of aromatic nitrogens is 2. The van der Waals surface area contributed by atoms with Crippen LogP contribution in [-0.2, 0) is 23.9 Å². The van der Waals surface area contributed by atoms with Crippen molar-refractivity contribution in [1.82, 2.24) is 9.78 Å². The van der Waals surface area contributed by atoms with Crippen molar-refractivity contribution >= 4 is 11.6 Å². The predicted molar refractivity (Wildman–Crippen MR) is 129 cm³/mol. The second kappa shape index (κ2) is 10.6. The second-order valence-corrected chi connectivity index (χ2v) is 9.60. The minimum Gasteiger partial charge on any atom is -0.326 e. The summed E-state index contributed by atoms with van der Waals surface area (Å²) in [7, 11) is 0. The highest BCUT2D eigenvalue weighted by Gasteiger charge is 2.45. The molecule has 1 heterocycles. The van der Waals surface area contributed by atoms with E-state index < -0.39 is 41.3 Å². The maximum Gasteiger partial charge on any atom is 0.435 e. The van der Waals surface area contributed by atoms with Gasteiger partial charge in [0, 0.05) is 11.8 Å². The molecule has 1 amide bonds. The van der Waals surface area contributed by atoms with Crippen LogP contribution in [0, 0.1) is 11.8 Å². The van der Waals surface area contributed by atoms with Crippen molar-refractivity contribution in [3.05, 3.63) is 93.4 Å². The first-order valence-electron chi connectivity index (χ1n) is 12.0. The maximum atomic E-state index is 13.7. The van der Waals surface area contributed by atoms with E-state index in [0.29, 0.717) is 27.9 Å². The van der Waals surface area contributed by atoms with Gasteiger partial charge in [0.25, 0.3) is 5.56 Å². The van der Waals surface area contributed by atoms with Gasteiger partial charge in [-0.2, -0.15) is 31.4 Å². The Kier molecular flexibility index (Phi) is 7.66. The molecule has 11 heteroatoms. The van der Waals surface area contributed by atoms with E-state index in [1.54, 1.807) is 18.2 Å². The lowest BCUT2D eigenvalue weighted by Crippen LogP contribution is -2.34. The van der Waals surface area contributed by atoms with Crippen LogP contribution >= 0.6 is 0 Å². The van der Waals surface area contributed by atoms with E-state index in [2.05, 4.69) is 10.4 Å². The largest absolute Gasteiger partial charge is 0.435 e. The third-order valence-electron chi connectivity index (χ3n) is 6.54. The fraction of sp³-hybridized carbons (Fsp3) is 0.370. The molecule has 1 aliphatic carbocycles. The third-order valence-corrected chi connectivity index (χ3v) is 6.54. The van der Waals surface area contributed by atoms with Gasteiger partial charge in [0.05, 0.1) is 18.4 Å². The number of hydrogen-bond acceptors (Lipinski definition) is 3. The van der Waals surface area contributed by atoms with Gasteiger partial charge in [0.2, 0.25) is 5.91 Å². The Bertz CT molecular complexity index is 1340. The molecule has 0 bridgehead atoms. The van der Waals surface area contributed by atoms with Crippen LogP contribution in [0.4, 0.5) is 32.0 Å². The summed E-state index contributed by atoms with van der Waals surface area (Å²) < 4.78 is 80.7. The van der Waals surface area contributed by atoms with Crippen LogP contribution in [0.2, 0.25) is 0 Å². The van der Waals surface area contributed by atoms with Gasteiger partial charge in [0.1, 0.15) is 0 Å². The maximum absolute atomic E-state index is 13.7. The lowest BCUT2D eigenvalue weighted by atomic mass is 9.85. The number of nitrogens with one attached hydrogen (secondary N) is 1. The summed E-state index contributed by atoms with van der Waals surface area (Å²) in [5, 5.41) is 5.94. The summed E-state index contributed by atoms with van der Waals surface area (Å²) in [6, 6.07) is 13.7. The first kappa shape index (κ1) is 27.4. The number of amides is 1. The van der Waals surface area contributed by atoms with Crippen LogP contribution in [0.5, 0.6) is 0 Å². The molecule has 38 heavy (non-hydrogen) atoms. The van der Waals surface area contributed by atoms with Gasteiger partial charge in [-0.15, -0.1) is 0 Å². The average molecular weight is 538 g/mol. The molecule has 0 saturated heterocycles. The number of halogens is 6.